The highest BCUT2D eigenvalue weighted by molar-refractivity contribution is 5.91. The molecule has 1 rings (SSSR count). The molecule has 5 heteroatoms. The molecule has 0 aromatic heterocycles. The lowest BCUT2D eigenvalue weighted by Crippen LogP contribution is -2.34. The smallest absolute Gasteiger partial charge is 0.244 e. The fourth-order valence-electron chi connectivity index (χ4n) is 1.56. The van der Waals surface area contributed by atoms with Gasteiger partial charge in [0.25, 0.3) is 0 Å². The number of ketones is 1. The van der Waals surface area contributed by atoms with Gasteiger partial charge in [-0.3, -0.25) is 9.59 Å². The summed E-state index contributed by atoms with van der Waals surface area (Å²) in [5.74, 6) is -0.402. The maximum absolute atomic E-state index is 11.5. The molecule has 0 radical (unpaired) electrons. The van der Waals surface area contributed by atoms with Gasteiger partial charge in [-0.15, -0.1) is 0 Å². The van der Waals surface area contributed by atoms with Gasteiger partial charge >= 0.3 is 0 Å². The SMILES string of the molecule is CC(=O)CCC(=O)NCCNC(=O)/C=C/c1ccccc1. The minimum Gasteiger partial charge on any atom is -0.354 e. The molecular weight excluding hydrogens is 268 g/mol. The molecule has 2 amide bonds. The van der Waals surface area contributed by atoms with E-state index in [1.807, 2.05) is 30.3 Å². The predicted octanol–water partition coefficient (Wildman–Crippen LogP) is 1.30. The Kier molecular flexibility index (Phi) is 7.50. The number of carbonyl (C=O) groups is 3. The molecule has 0 fully saturated rings. The van der Waals surface area contributed by atoms with Crippen LogP contribution < -0.4 is 10.6 Å². The molecule has 1 aromatic rings. The van der Waals surface area contributed by atoms with Crippen molar-refractivity contribution in [2.45, 2.75) is 19.8 Å². The zero-order chi connectivity index (χ0) is 15.5. The third-order valence-electron chi connectivity index (χ3n) is 2.68. The molecule has 112 valence electrons. The van der Waals surface area contributed by atoms with E-state index >= 15 is 0 Å². The van der Waals surface area contributed by atoms with Crippen LogP contribution in [0.1, 0.15) is 25.3 Å². The lowest BCUT2D eigenvalue weighted by molar-refractivity contribution is -0.124. The van der Waals surface area contributed by atoms with Gasteiger partial charge in [0.15, 0.2) is 0 Å². The van der Waals surface area contributed by atoms with E-state index in [0.717, 1.165) is 5.56 Å². The van der Waals surface area contributed by atoms with Crippen LogP contribution in [0.25, 0.3) is 6.08 Å². The minimum absolute atomic E-state index is 0.00972. The van der Waals surface area contributed by atoms with Crippen LogP contribution in [0.4, 0.5) is 0 Å². The second-order valence-corrected chi connectivity index (χ2v) is 4.59. The predicted molar refractivity (Wildman–Crippen MR) is 81.4 cm³/mol. The van der Waals surface area contributed by atoms with Gasteiger partial charge in [0.05, 0.1) is 0 Å². The van der Waals surface area contributed by atoms with E-state index in [2.05, 4.69) is 10.6 Å². The van der Waals surface area contributed by atoms with Crippen LogP contribution in [0.15, 0.2) is 36.4 Å². The summed E-state index contributed by atoms with van der Waals surface area (Å²) in [6.45, 7) is 2.15. The van der Waals surface area contributed by atoms with Crippen LogP contribution in [0.3, 0.4) is 0 Å². The second-order valence-electron chi connectivity index (χ2n) is 4.59. The summed E-state index contributed by atoms with van der Waals surface area (Å²) < 4.78 is 0. The van der Waals surface area contributed by atoms with E-state index in [1.165, 1.54) is 13.0 Å². The van der Waals surface area contributed by atoms with E-state index in [0.29, 0.717) is 13.1 Å². The van der Waals surface area contributed by atoms with E-state index in [-0.39, 0.29) is 30.4 Å². The first-order chi connectivity index (χ1) is 10.1. The number of hydrogen-bond acceptors (Lipinski definition) is 3. The molecule has 0 saturated heterocycles. The number of carbonyl (C=O) groups excluding carboxylic acids is 3. The Morgan fingerprint density at radius 3 is 2.33 bits per heavy atom. The van der Waals surface area contributed by atoms with Crippen molar-refractivity contribution in [1.82, 2.24) is 10.6 Å². The van der Waals surface area contributed by atoms with Crippen LogP contribution in [-0.4, -0.2) is 30.7 Å². The summed E-state index contributed by atoms with van der Waals surface area (Å²) in [4.78, 5) is 33.5. The van der Waals surface area contributed by atoms with Gasteiger partial charge in [-0.1, -0.05) is 30.3 Å². The van der Waals surface area contributed by atoms with Gasteiger partial charge in [0.1, 0.15) is 5.78 Å². The molecule has 2 N–H and O–H groups in total. The van der Waals surface area contributed by atoms with Crippen LogP contribution >= 0.6 is 0 Å². The summed E-state index contributed by atoms with van der Waals surface area (Å²) in [5.41, 5.74) is 0.949. The largest absolute Gasteiger partial charge is 0.354 e. The van der Waals surface area contributed by atoms with Gasteiger partial charge < -0.3 is 15.4 Å². The second kappa shape index (κ2) is 9.47. The summed E-state index contributed by atoms with van der Waals surface area (Å²) in [6, 6.07) is 9.51. The Morgan fingerprint density at radius 2 is 1.67 bits per heavy atom. The highest BCUT2D eigenvalue weighted by Crippen LogP contribution is 2.00. The number of rotatable bonds is 8. The zero-order valence-electron chi connectivity index (χ0n) is 12.1. The third kappa shape index (κ3) is 8.36. The Morgan fingerprint density at radius 1 is 1.00 bits per heavy atom. The van der Waals surface area contributed by atoms with Gasteiger partial charge in [-0.2, -0.15) is 0 Å². The molecule has 5 nitrogen and oxygen atoms in total. The van der Waals surface area contributed by atoms with Crippen molar-refractivity contribution >= 4 is 23.7 Å². The topological polar surface area (TPSA) is 75.3 Å². The Bertz CT molecular complexity index is 510. The first kappa shape index (κ1) is 16.6. The molecule has 0 heterocycles. The summed E-state index contributed by atoms with van der Waals surface area (Å²) in [5, 5.41) is 5.30. The van der Waals surface area contributed by atoms with Crippen LogP contribution in [0.5, 0.6) is 0 Å². The maximum atomic E-state index is 11.5. The molecule has 1 aromatic carbocycles. The average Bonchev–Trinajstić information content (AvgIpc) is 2.48. The highest BCUT2D eigenvalue weighted by atomic mass is 16.2. The van der Waals surface area contributed by atoms with Crippen molar-refractivity contribution in [3.63, 3.8) is 0 Å². The van der Waals surface area contributed by atoms with Gasteiger partial charge in [-0.05, 0) is 18.6 Å². The van der Waals surface area contributed by atoms with Gasteiger partial charge in [-0.25, -0.2) is 0 Å². The summed E-state index contributed by atoms with van der Waals surface area (Å²) in [6.07, 6.45) is 3.61. The minimum atomic E-state index is -0.211. The average molecular weight is 288 g/mol. The summed E-state index contributed by atoms with van der Waals surface area (Å²) in [7, 11) is 0. The van der Waals surface area contributed by atoms with Gasteiger partial charge in [0, 0.05) is 32.0 Å². The third-order valence-corrected chi connectivity index (χ3v) is 2.68. The quantitative estimate of drug-likeness (QED) is 0.559. The zero-order valence-corrected chi connectivity index (χ0v) is 12.1. The van der Waals surface area contributed by atoms with E-state index in [1.54, 1.807) is 6.08 Å². The molecule has 0 aliphatic heterocycles. The number of amides is 2. The molecule has 0 bridgehead atoms. The first-order valence-corrected chi connectivity index (χ1v) is 6.85. The van der Waals surface area contributed by atoms with Crippen LogP contribution in [0, 0.1) is 0 Å². The van der Waals surface area contributed by atoms with Crippen molar-refractivity contribution in [2.75, 3.05) is 13.1 Å². The van der Waals surface area contributed by atoms with Crippen molar-refractivity contribution in [3.8, 4) is 0 Å². The Labute approximate surface area is 124 Å². The number of nitrogens with one attached hydrogen (secondary N) is 2. The van der Waals surface area contributed by atoms with E-state index in [4.69, 9.17) is 0 Å². The number of Topliss-reactive ketones (excluding diaryl/α,β-unsaturated/α-hetero) is 1. The molecule has 0 saturated carbocycles. The molecule has 0 atom stereocenters. The maximum Gasteiger partial charge on any atom is 0.244 e. The van der Waals surface area contributed by atoms with Crippen molar-refractivity contribution < 1.29 is 14.4 Å². The van der Waals surface area contributed by atoms with Crippen molar-refractivity contribution in [1.29, 1.82) is 0 Å². The first-order valence-electron chi connectivity index (χ1n) is 6.85. The standard InChI is InChI=1S/C16H20N2O3/c1-13(19)7-9-15(20)17-11-12-18-16(21)10-8-14-5-3-2-4-6-14/h2-6,8,10H,7,9,11-12H2,1H3,(H,17,20)(H,18,21)/b10-8+. The fourth-order valence-corrected chi connectivity index (χ4v) is 1.56. The van der Waals surface area contributed by atoms with Crippen LogP contribution in [0.2, 0.25) is 0 Å². The van der Waals surface area contributed by atoms with E-state index < -0.39 is 0 Å². The molecule has 21 heavy (non-hydrogen) atoms. The molecule has 0 unspecified atom stereocenters. The molecule has 0 aliphatic rings. The lowest BCUT2D eigenvalue weighted by atomic mass is 10.2. The fraction of sp³-hybridized carbons (Fsp3) is 0.312. The number of benzene rings is 1. The van der Waals surface area contributed by atoms with Crippen molar-refractivity contribution in [3.05, 3.63) is 42.0 Å². The normalized spacial score (nSPS) is 10.3. The molecule has 0 aliphatic carbocycles. The Balaban J connectivity index is 2.15. The van der Waals surface area contributed by atoms with Crippen LogP contribution in [-0.2, 0) is 14.4 Å². The van der Waals surface area contributed by atoms with Gasteiger partial charge in [0.2, 0.25) is 11.8 Å². The summed E-state index contributed by atoms with van der Waals surface area (Å²) >= 11 is 0. The Hall–Kier alpha value is -2.43. The monoisotopic (exact) mass is 288 g/mol. The number of hydrogen-bond donors (Lipinski definition) is 2. The lowest BCUT2D eigenvalue weighted by Gasteiger charge is -2.05. The van der Waals surface area contributed by atoms with E-state index in [9.17, 15) is 14.4 Å². The molecular formula is C16H20N2O3. The molecule has 0 spiro atoms. The van der Waals surface area contributed by atoms with Crippen molar-refractivity contribution in [2.24, 2.45) is 0 Å². The highest BCUT2D eigenvalue weighted by Gasteiger charge is 2.02.